The summed E-state index contributed by atoms with van der Waals surface area (Å²) in [5.74, 6) is -4.68. The molecule has 8 nitrogen and oxygen atoms in total. The molecule has 0 fully saturated rings. The molecule has 4 rings (SSSR count). The molecule has 3 aromatic rings. The van der Waals surface area contributed by atoms with Gasteiger partial charge in [-0.1, -0.05) is 0 Å². The zero-order valence-corrected chi connectivity index (χ0v) is 19.8. The second-order valence-corrected chi connectivity index (χ2v) is 8.10. The number of carboxylic acids is 1. The monoisotopic (exact) mass is 536 g/mol. The van der Waals surface area contributed by atoms with Gasteiger partial charge < -0.3 is 15.3 Å². The zero-order valence-electron chi connectivity index (χ0n) is 19.8. The molecule has 2 amide bonds. The molecule has 1 aliphatic heterocycles. The first kappa shape index (κ1) is 28.2. The summed E-state index contributed by atoms with van der Waals surface area (Å²) < 4.78 is 58.8. The van der Waals surface area contributed by atoms with Gasteiger partial charge in [0.2, 0.25) is 0 Å². The Morgan fingerprint density at radius 2 is 1.71 bits per heavy atom. The standard InChI is InChI=1S/C23H20F2N4O2.C2HF3O2/c1-14(27-22(30)15-6-8-16(24)9-7-15)18-10-11-20-19(28-18)5-3-13-29(20)23(31)21-17(25)4-2-12-26-21;3-2(4,5)1(6)7/h2,4,6-12,14H,3,5,13H2,1H3,(H,27,30);(H,6,7). The number of fused-ring (bicyclic) bond motifs is 1. The molecule has 0 saturated heterocycles. The first-order valence-electron chi connectivity index (χ1n) is 11.2. The normalized spacial score (nSPS) is 13.5. The van der Waals surface area contributed by atoms with Gasteiger partial charge in [0.15, 0.2) is 11.5 Å². The van der Waals surface area contributed by atoms with E-state index >= 15 is 0 Å². The number of hydrogen-bond acceptors (Lipinski definition) is 5. The molecular formula is C25H21F5N4O4. The van der Waals surface area contributed by atoms with Crippen molar-refractivity contribution in [1.82, 2.24) is 15.3 Å². The van der Waals surface area contributed by atoms with Gasteiger partial charge in [-0.2, -0.15) is 13.2 Å². The van der Waals surface area contributed by atoms with Gasteiger partial charge in [0.1, 0.15) is 5.82 Å². The Hall–Kier alpha value is -4.42. The molecule has 3 heterocycles. The Morgan fingerprint density at radius 1 is 1.05 bits per heavy atom. The van der Waals surface area contributed by atoms with Gasteiger partial charge in [0.25, 0.3) is 11.8 Å². The van der Waals surface area contributed by atoms with Crippen LogP contribution in [-0.2, 0) is 11.2 Å². The van der Waals surface area contributed by atoms with Crippen LogP contribution in [-0.4, -0.2) is 45.6 Å². The van der Waals surface area contributed by atoms with E-state index in [0.717, 1.165) is 0 Å². The van der Waals surface area contributed by atoms with E-state index in [4.69, 9.17) is 9.90 Å². The van der Waals surface area contributed by atoms with Crippen LogP contribution in [0, 0.1) is 11.6 Å². The Morgan fingerprint density at radius 3 is 2.32 bits per heavy atom. The van der Waals surface area contributed by atoms with E-state index in [1.54, 1.807) is 19.1 Å². The Balaban J connectivity index is 0.000000505. The van der Waals surface area contributed by atoms with Crippen molar-refractivity contribution in [2.75, 3.05) is 11.4 Å². The zero-order chi connectivity index (χ0) is 28.0. The number of aryl methyl sites for hydroxylation is 1. The molecular weight excluding hydrogens is 515 g/mol. The van der Waals surface area contributed by atoms with Crippen LogP contribution in [0.2, 0.25) is 0 Å². The predicted molar refractivity (Wildman–Crippen MR) is 124 cm³/mol. The number of carbonyl (C=O) groups excluding carboxylic acids is 2. The largest absolute Gasteiger partial charge is 0.490 e. The highest BCUT2D eigenvalue weighted by Gasteiger charge is 2.38. The number of amides is 2. The number of alkyl halides is 3. The van der Waals surface area contributed by atoms with Gasteiger partial charge >= 0.3 is 12.1 Å². The van der Waals surface area contributed by atoms with Gasteiger partial charge in [-0.15, -0.1) is 0 Å². The molecule has 1 aliphatic rings. The number of nitrogens with zero attached hydrogens (tertiary/aromatic N) is 3. The van der Waals surface area contributed by atoms with Crippen LogP contribution < -0.4 is 10.2 Å². The molecule has 2 aromatic heterocycles. The number of carboxylic acid groups (broad SMARTS) is 1. The van der Waals surface area contributed by atoms with Crippen molar-refractivity contribution >= 4 is 23.5 Å². The fraction of sp³-hybridized carbons (Fsp3) is 0.240. The number of hydrogen-bond donors (Lipinski definition) is 2. The summed E-state index contributed by atoms with van der Waals surface area (Å²) in [7, 11) is 0. The molecule has 0 saturated carbocycles. The van der Waals surface area contributed by atoms with Crippen molar-refractivity contribution in [2.24, 2.45) is 0 Å². The predicted octanol–water partition coefficient (Wildman–Crippen LogP) is 4.47. The fourth-order valence-electron chi connectivity index (χ4n) is 3.54. The van der Waals surface area contributed by atoms with Crippen molar-refractivity contribution in [3.8, 4) is 0 Å². The van der Waals surface area contributed by atoms with Crippen molar-refractivity contribution in [1.29, 1.82) is 0 Å². The lowest BCUT2D eigenvalue weighted by molar-refractivity contribution is -0.192. The van der Waals surface area contributed by atoms with E-state index in [1.165, 1.54) is 47.5 Å². The lowest BCUT2D eigenvalue weighted by Crippen LogP contribution is -2.37. The molecule has 38 heavy (non-hydrogen) atoms. The fourth-order valence-corrected chi connectivity index (χ4v) is 3.54. The van der Waals surface area contributed by atoms with Crippen LogP contribution in [0.4, 0.5) is 27.6 Å². The third-order valence-corrected chi connectivity index (χ3v) is 5.40. The summed E-state index contributed by atoms with van der Waals surface area (Å²) in [6, 6.07) is 11.0. The van der Waals surface area contributed by atoms with Gasteiger partial charge in [-0.05, 0) is 68.3 Å². The Kier molecular flexibility index (Phi) is 8.71. The smallest absolute Gasteiger partial charge is 0.475 e. The van der Waals surface area contributed by atoms with Crippen LogP contribution in [0.5, 0.6) is 0 Å². The van der Waals surface area contributed by atoms with Crippen LogP contribution in [0.15, 0.2) is 54.7 Å². The summed E-state index contributed by atoms with van der Waals surface area (Å²) in [6.45, 7) is 2.24. The number of carbonyl (C=O) groups is 3. The molecule has 200 valence electrons. The maximum Gasteiger partial charge on any atom is 0.490 e. The summed E-state index contributed by atoms with van der Waals surface area (Å²) in [5.41, 5.74) is 2.07. The number of halogens is 5. The maximum absolute atomic E-state index is 14.0. The van der Waals surface area contributed by atoms with Crippen molar-refractivity contribution in [3.63, 3.8) is 0 Å². The maximum atomic E-state index is 14.0. The van der Waals surface area contributed by atoms with E-state index in [1.807, 2.05) is 0 Å². The minimum atomic E-state index is -5.08. The van der Waals surface area contributed by atoms with Gasteiger partial charge in [0, 0.05) is 18.3 Å². The van der Waals surface area contributed by atoms with Gasteiger partial charge in [-0.25, -0.2) is 18.6 Å². The number of anilines is 1. The third kappa shape index (κ3) is 6.87. The lowest BCUT2D eigenvalue weighted by atomic mass is 10.0. The van der Waals surface area contributed by atoms with E-state index in [-0.39, 0.29) is 11.6 Å². The second kappa shape index (κ2) is 11.8. The highest BCUT2D eigenvalue weighted by Crippen LogP contribution is 2.29. The number of pyridine rings is 2. The Labute approximate surface area is 213 Å². The number of benzene rings is 1. The highest BCUT2D eigenvalue weighted by molar-refractivity contribution is 6.05. The average molecular weight is 536 g/mol. The SMILES string of the molecule is CC(NC(=O)c1ccc(F)cc1)c1ccc2c(n1)CCCN2C(=O)c1ncccc1F.O=C(O)C(F)(F)F. The highest BCUT2D eigenvalue weighted by atomic mass is 19.4. The Bertz CT molecular complexity index is 1330. The summed E-state index contributed by atoms with van der Waals surface area (Å²) >= 11 is 0. The minimum Gasteiger partial charge on any atom is -0.475 e. The quantitative estimate of drug-likeness (QED) is 0.476. The minimum absolute atomic E-state index is 0.223. The molecule has 2 N–H and O–H groups in total. The number of rotatable bonds is 4. The molecule has 13 heteroatoms. The molecule has 0 radical (unpaired) electrons. The first-order valence-corrected chi connectivity index (χ1v) is 11.2. The van der Waals surface area contributed by atoms with Crippen molar-refractivity contribution in [2.45, 2.75) is 32.0 Å². The van der Waals surface area contributed by atoms with Crippen LogP contribution in [0.1, 0.15) is 51.6 Å². The van der Waals surface area contributed by atoms with E-state index in [2.05, 4.69) is 15.3 Å². The number of aromatic nitrogens is 2. The average Bonchev–Trinajstić information content (AvgIpc) is 2.88. The molecule has 0 bridgehead atoms. The molecule has 1 atom stereocenters. The van der Waals surface area contributed by atoms with E-state index < -0.39 is 35.7 Å². The van der Waals surface area contributed by atoms with Gasteiger partial charge in [0.05, 0.1) is 23.1 Å². The first-order chi connectivity index (χ1) is 17.9. The van der Waals surface area contributed by atoms with E-state index in [9.17, 15) is 31.5 Å². The molecule has 1 aromatic carbocycles. The third-order valence-electron chi connectivity index (χ3n) is 5.40. The van der Waals surface area contributed by atoms with Crippen molar-refractivity contribution in [3.05, 3.63) is 89.0 Å². The van der Waals surface area contributed by atoms with Gasteiger partial charge in [-0.3, -0.25) is 14.6 Å². The summed E-state index contributed by atoms with van der Waals surface area (Å²) in [5, 5.41) is 9.97. The summed E-state index contributed by atoms with van der Waals surface area (Å²) in [4.78, 5) is 44.1. The number of nitrogens with one attached hydrogen (secondary N) is 1. The van der Waals surface area contributed by atoms with Crippen LogP contribution in [0.3, 0.4) is 0 Å². The molecule has 1 unspecified atom stereocenters. The van der Waals surface area contributed by atoms with Crippen molar-refractivity contribution < 1.29 is 41.4 Å². The number of aliphatic carboxylic acids is 1. The van der Waals surface area contributed by atoms with Crippen LogP contribution in [0.25, 0.3) is 0 Å². The van der Waals surface area contributed by atoms with Crippen LogP contribution >= 0.6 is 0 Å². The molecule has 0 aliphatic carbocycles. The lowest BCUT2D eigenvalue weighted by Gasteiger charge is -2.29. The molecule has 0 spiro atoms. The topological polar surface area (TPSA) is 112 Å². The second-order valence-electron chi connectivity index (χ2n) is 8.10. The summed E-state index contributed by atoms with van der Waals surface area (Å²) in [6.07, 6.45) is -2.36. The van der Waals surface area contributed by atoms with E-state index in [0.29, 0.717) is 42.0 Å².